The lowest BCUT2D eigenvalue weighted by atomic mass is 10.1. The summed E-state index contributed by atoms with van der Waals surface area (Å²) in [5.74, 6) is 1.65. The van der Waals surface area contributed by atoms with Gasteiger partial charge in [-0.1, -0.05) is 12.1 Å². The van der Waals surface area contributed by atoms with Crippen LogP contribution in [0.15, 0.2) is 48.5 Å². The zero-order chi connectivity index (χ0) is 20.4. The van der Waals surface area contributed by atoms with Crippen LogP contribution in [0.25, 0.3) is 10.9 Å². The molecule has 4 rings (SSSR count). The third-order valence-corrected chi connectivity index (χ3v) is 5.44. The Hall–Kier alpha value is -3.28. The second kappa shape index (κ2) is 7.99. The Labute approximate surface area is 170 Å². The number of benzene rings is 2. The number of aryl methyl sites for hydroxylation is 1. The highest BCUT2D eigenvalue weighted by molar-refractivity contribution is 5.99. The summed E-state index contributed by atoms with van der Waals surface area (Å²) in [4.78, 5) is 22.0. The van der Waals surface area contributed by atoms with Gasteiger partial charge in [-0.25, -0.2) is 0 Å². The number of piperazine rings is 1. The number of ether oxygens (including phenoxy) is 2. The first kappa shape index (κ1) is 19.1. The average molecular weight is 391 g/mol. The summed E-state index contributed by atoms with van der Waals surface area (Å²) in [6.45, 7) is 4.75. The van der Waals surface area contributed by atoms with Crippen molar-refractivity contribution < 1.29 is 14.3 Å². The fourth-order valence-electron chi connectivity index (χ4n) is 3.80. The van der Waals surface area contributed by atoms with Gasteiger partial charge in [0.25, 0.3) is 5.91 Å². The van der Waals surface area contributed by atoms with Crippen LogP contribution in [0.4, 0.5) is 5.69 Å². The smallest absolute Gasteiger partial charge is 0.255 e. The van der Waals surface area contributed by atoms with E-state index in [2.05, 4.69) is 16.0 Å². The van der Waals surface area contributed by atoms with Gasteiger partial charge >= 0.3 is 0 Å². The standard InChI is InChI=1S/C23H25N3O3/c1-16-19(14-17-8-9-18(28-2)15-20(17)24-16)23(27)26-12-10-25(11-13-26)21-6-4-5-7-22(21)29-3/h4-9,14-15H,10-13H2,1-3H3. The number of hydrogen-bond acceptors (Lipinski definition) is 5. The van der Waals surface area contributed by atoms with Crippen LogP contribution >= 0.6 is 0 Å². The summed E-state index contributed by atoms with van der Waals surface area (Å²) in [5, 5.41) is 0.937. The molecular weight excluding hydrogens is 366 g/mol. The van der Waals surface area contributed by atoms with E-state index in [4.69, 9.17) is 9.47 Å². The molecule has 0 aliphatic carbocycles. The average Bonchev–Trinajstić information content (AvgIpc) is 2.77. The second-order valence-electron chi connectivity index (χ2n) is 7.13. The molecule has 1 fully saturated rings. The molecule has 0 N–H and O–H groups in total. The third kappa shape index (κ3) is 3.70. The number of carbonyl (C=O) groups is 1. The van der Waals surface area contributed by atoms with Crippen LogP contribution in [-0.4, -0.2) is 56.2 Å². The van der Waals surface area contributed by atoms with Crippen LogP contribution in [0.3, 0.4) is 0 Å². The van der Waals surface area contributed by atoms with Gasteiger partial charge in [0.2, 0.25) is 0 Å². The molecular formula is C23H25N3O3. The molecule has 150 valence electrons. The minimum Gasteiger partial charge on any atom is -0.497 e. The van der Waals surface area contributed by atoms with Crippen molar-refractivity contribution in [3.8, 4) is 11.5 Å². The normalized spacial score (nSPS) is 14.2. The molecule has 6 heteroatoms. The molecule has 29 heavy (non-hydrogen) atoms. The van der Waals surface area contributed by atoms with Gasteiger partial charge in [-0.15, -0.1) is 0 Å². The van der Waals surface area contributed by atoms with Crippen molar-refractivity contribution in [2.24, 2.45) is 0 Å². The minimum absolute atomic E-state index is 0.0346. The number of aromatic nitrogens is 1. The molecule has 0 spiro atoms. The molecule has 0 unspecified atom stereocenters. The molecule has 1 amide bonds. The Morgan fingerprint density at radius 1 is 0.966 bits per heavy atom. The SMILES string of the molecule is COc1ccc2cc(C(=O)N3CCN(c4ccccc4OC)CC3)c(C)nc2c1. The van der Waals surface area contributed by atoms with E-state index in [0.29, 0.717) is 18.7 Å². The summed E-state index contributed by atoms with van der Waals surface area (Å²) in [6.07, 6.45) is 0. The van der Waals surface area contributed by atoms with E-state index in [1.165, 1.54) is 0 Å². The Kier molecular flexibility index (Phi) is 5.25. The van der Waals surface area contributed by atoms with E-state index < -0.39 is 0 Å². The van der Waals surface area contributed by atoms with Gasteiger partial charge in [-0.3, -0.25) is 9.78 Å². The van der Waals surface area contributed by atoms with Crippen LogP contribution in [0.1, 0.15) is 16.1 Å². The van der Waals surface area contributed by atoms with Crippen molar-refractivity contribution >= 4 is 22.5 Å². The molecule has 1 aromatic heterocycles. The summed E-state index contributed by atoms with van der Waals surface area (Å²) in [6, 6.07) is 15.7. The predicted octanol–water partition coefficient (Wildman–Crippen LogP) is 3.52. The topological polar surface area (TPSA) is 54.9 Å². The number of nitrogens with zero attached hydrogens (tertiary/aromatic N) is 3. The van der Waals surface area contributed by atoms with Crippen molar-refractivity contribution in [1.29, 1.82) is 0 Å². The second-order valence-corrected chi connectivity index (χ2v) is 7.13. The van der Waals surface area contributed by atoms with Gasteiger partial charge < -0.3 is 19.3 Å². The number of rotatable bonds is 4. The van der Waals surface area contributed by atoms with Crippen molar-refractivity contribution in [3.05, 3.63) is 59.8 Å². The minimum atomic E-state index is 0.0346. The largest absolute Gasteiger partial charge is 0.497 e. The van der Waals surface area contributed by atoms with Crippen LogP contribution in [-0.2, 0) is 0 Å². The zero-order valence-electron chi connectivity index (χ0n) is 17.0. The summed E-state index contributed by atoms with van der Waals surface area (Å²) >= 11 is 0. The van der Waals surface area contributed by atoms with Crippen molar-refractivity contribution in [2.45, 2.75) is 6.92 Å². The van der Waals surface area contributed by atoms with Crippen molar-refractivity contribution in [2.75, 3.05) is 45.3 Å². The molecule has 2 aromatic carbocycles. The van der Waals surface area contributed by atoms with E-state index in [0.717, 1.165) is 46.9 Å². The third-order valence-electron chi connectivity index (χ3n) is 5.44. The van der Waals surface area contributed by atoms with Crippen LogP contribution in [0.2, 0.25) is 0 Å². The fourth-order valence-corrected chi connectivity index (χ4v) is 3.80. The number of carbonyl (C=O) groups excluding carboxylic acids is 1. The Bertz CT molecular complexity index is 1040. The Balaban J connectivity index is 1.52. The molecule has 1 aliphatic heterocycles. The number of amides is 1. The van der Waals surface area contributed by atoms with E-state index in [-0.39, 0.29) is 5.91 Å². The summed E-state index contributed by atoms with van der Waals surface area (Å²) in [7, 11) is 3.32. The molecule has 0 saturated carbocycles. The number of anilines is 1. The van der Waals surface area contributed by atoms with E-state index >= 15 is 0 Å². The fraction of sp³-hybridized carbons (Fsp3) is 0.304. The van der Waals surface area contributed by atoms with Gasteiger partial charge in [-0.2, -0.15) is 0 Å². The van der Waals surface area contributed by atoms with Crippen molar-refractivity contribution in [1.82, 2.24) is 9.88 Å². The highest BCUT2D eigenvalue weighted by Crippen LogP contribution is 2.29. The predicted molar refractivity (Wildman–Crippen MR) is 114 cm³/mol. The maximum Gasteiger partial charge on any atom is 0.255 e. The van der Waals surface area contributed by atoms with Gasteiger partial charge in [0.05, 0.1) is 36.7 Å². The first-order chi connectivity index (χ1) is 14.1. The molecule has 0 atom stereocenters. The first-order valence-electron chi connectivity index (χ1n) is 9.73. The number of methoxy groups -OCH3 is 2. The quantitative estimate of drug-likeness (QED) is 0.681. The molecule has 1 aliphatic rings. The van der Waals surface area contributed by atoms with Gasteiger partial charge in [-0.05, 0) is 37.3 Å². The summed E-state index contributed by atoms with van der Waals surface area (Å²) in [5.41, 5.74) is 3.30. The lowest BCUT2D eigenvalue weighted by Gasteiger charge is -2.36. The lowest BCUT2D eigenvalue weighted by molar-refractivity contribution is 0.0745. The van der Waals surface area contributed by atoms with Gasteiger partial charge in [0, 0.05) is 37.6 Å². The lowest BCUT2D eigenvalue weighted by Crippen LogP contribution is -2.49. The number of para-hydroxylation sites is 2. The van der Waals surface area contributed by atoms with E-state index in [9.17, 15) is 4.79 Å². The monoisotopic (exact) mass is 391 g/mol. The highest BCUT2D eigenvalue weighted by atomic mass is 16.5. The Morgan fingerprint density at radius 3 is 2.45 bits per heavy atom. The Morgan fingerprint density at radius 2 is 1.72 bits per heavy atom. The molecule has 2 heterocycles. The highest BCUT2D eigenvalue weighted by Gasteiger charge is 2.25. The van der Waals surface area contributed by atoms with E-state index in [1.807, 2.05) is 54.3 Å². The molecule has 3 aromatic rings. The van der Waals surface area contributed by atoms with E-state index in [1.54, 1.807) is 14.2 Å². The maximum absolute atomic E-state index is 13.2. The number of hydrogen-bond donors (Lipinski definition) is 0. The van der Waals surface area contributed by atoms with Crippen LogP contribution in [0.5, 0.6) is 11.5 Å². The van der Waals surface area contributed by atoms with Crippen molar-refractivity contribution in [3.63, 3.8) is 0 Å². The molecule has 0 bridgehead atoms. The zero-order valence-corrected chi connectivity index (χ0v) is 17.0. The van der Waals surface area contributed by atoms with Crippen LogP contribution < -0.4 is 14.4 Å². The molecule has 1 saturated heterocycles. The maximum atomic E-state index is 13.2. The first-order valence-corrected chi connectivity index (χ1v) is 9.73. The van der Waals surface area contributed by atoms with Gasteiger partial charge in [0.15, 0.2) is 0 Å². The van der Waals surface area contributed by atoms with Gasteiger partial charge in [0.1, 0.15) is 11.5 Å². The molecule has 0 radical (unpaired) electrons. The molecule has 6 nitrogen and oxygen atoms in total. The summed E-state index contributed by atoms with van der Waals surface area (Å²) < 4.78 is 10.7. The number of fused-ring (bicyclic) bond motifs is 1. The number of pyridine rings is 1. The van der Waals surface area contributed by atoms with Crippen LogP contribution in [0, 0.1) is 6.92 Å².